The molecule has 0 unspecified atom stereocenters. The Morgan fingerprint density at radius 1 is 1.20 bits per heavy atom. The van der Waals surface area contributed by atoms with Gasteiger partial charge in [-0.1, -0.05) is 12.1 Å². The Morgan fingerprint density at radius 3 is 2.72 bits per heavy atom. The number of benzene rings is 2. The molecule has 1 aromatic heterocycles. The van der Waals surface area contributed by atoms with E-state index in [9.17, 15) is 4.79 Å². The van der Waals surface area contributed by atoms with Gasteiger partial charge >= 0.3 is 6.03 Å². The maximum absolute atomic E-state index is 12.5. The summed E-state index contributed by atoms with van der Waals surface area (Å²) in [5, 5.41) is 3.73. The molecule has 2 aromatic carbocycles. The number of aromatic nitrogens is 1. The molecule has 1 N–H and O–H groups in total. The minimum atomic E-state index is -0.245. The van der Waals surface area contributed by atoms with E-state index in [2.05, 4.69) is 10.3 Å². The van der Waals surface area contributed by atoms with Gasteiger partial charge in [0.25, 0.3) is 0 Å². The SMILES string of the molecule is COc1ccc(OC)c(NC(=O)N(C)Cc2nc3ccccc3s2)c1. The van der Waals surface area contributed by atoms with Crippen LogP contribution in [0, 0.1) is 0 Å². The molecule has 0 bridgehead atoms. The summed E-state index contributed by atoms with van der Waals surface area (Å²) < 4.78 is 11.6. The molecule has 3 rings (SSSR count). The number of rotatable bonds is 5. The molecule has 0 aliphatic carbocycles. The minimum Gasteiger partial charge on any atom is -0.497 e. The number of amides is 2. The number of carbonyl (C=O) groups is 1. The zero-order valence-electron chi connectivity index (χ0n) is 14.3. The van der Waals surface area contributed by atoms with Crippen LogP contribution in [0.1, 0.15) is 5.01 Å². The maximum Gasteiger partial charge on any atom is 0.322 e. The topological polar surface area (TPSA) is 63.7 Å². The van der Waals surface area contributed by atoms with Gasteiger partial charge < -0.3 is 19.7 Å². The summed E-state index contributed by atoms with van der Waals surface area (Å²) in [5.41, 5.74) is 1.51. The first kappa shape index (κ1) is 17.0. The van der Waals surface area contributed by atoms with Crippen LogP contribution < -0.4 is 14.8 Å². The van der Waals surface area contributed by atoms with Crippen molar-refractivity contribution in [1.82, 2.24) is 9.88 Å². The molecule has 3 aromatic rings. The molecule has 130 valence electrons. The lowest BCUT2D eigenvalue weighted by molar-refractivity contribution is 0.220. The van der Waals surface area contributed by atoms with Gasteiger partial charge in [-0.2, -0.15) is 0 Å². The van der Waals surface area contributed by atoms with E-state index in [-0.39, 0.29) is 6.03 Å². The van der Waals surface area contributed by atoms with Crippen molar-refractivity contribution in [1.29, 1.82) is 0 Å². The van der Waals surface area contributed by atoms with E-state index in [4.69, 9.17) is 9.47 Å². The number of hydrogen-bond donors (Lipinski definition) is 1. The van der Waals surface area contributed by atoms with Crippen LogP contribution in [0.3, 0.4) is 0 Å². The summed E-state index contributed by atoms with van der Waals surface area (Å²) in [6, 6.07) is 12.9. The third kappa shape index (κ3) is 3.83. The molecule has 0 saturated heterocycles. The fourth-order valence-corrected chi connectivity index (χ4v) is 3.41. The second kappa shape index (κ2) is 7.40. The Labute approximate surface area is 150 Å². The number of nitrogens with zero attached hydrogens (tertiary/aromatic N) is 2. The Hall–Kier alpha value is -2.80. The number of fused-ring (bicyclic) bond motifs is 1. The number of hydrogen-bond acceptors (Lipinski definition) is 5. The van der Waals surface area contributed by atoms with E-state index in [1.165, 1.54) is 0 Å². The highest BCUT2D eigenvalue weighted by Crippen LogP contribution is 2.29. The van der Waals surface area contributed by atoms with E-state index in [1.807, 2.05) is 24.3 Å². The molecule has 0 atom stereocenters. The average Bonchev–Trinajstić information content (AvgIpc) is 3.03. The monoisotopic (exact) mass is 357 g/mol. The summed E-state index contributed by atoms with van der Waals surface area (Å²) in [5.74, 6) is 1.22. The van der Waals surface area contributed by atoms with Crippen molar-refractivity contribution in [3.05, 3.63) is 47.5 Å². The molecule has 0 spiro atoms. The molecule has 0 aliphatic heterocycles. The molecule has 2 amide bonds. The molecular weight excluding hydrogens is 338 g/mol. The van der Waals surface area contributed by atoms with Crippen molar-refractivity contribution in [2.24, 2.45) is 0 Å². The van der Waals surface area contributed by atoms with Crippen molar-refractivity contribution < 1.29 is 14.3 Å². The highest BCUT2D eigenvalue weighted by molar-refractivity contribution is 7.18. The van der Waals surface area contributed by atoms with E-state index in [1.54, 1.807) is 55.7 Å². The standard InChI is InChI=1S/C18H19N3O3S/c1-21(11-17-19-13-6-4-5-7-16(13)25-17)18(22)20-14-10-12(23-2)8-9-15(14)24-3/h4-10H,11H2,1-3H3,(H,20,22). The predicted octanol–water partition coefficient (Wildman–Crippen LogP) is 3.98. The van der Waals surface area contributed by atoms with Crippen LogP contribution in [0.5, 0.6) is 11.5 Å². The lowest BCUT2D eigenvalue weighted by Crippen LogP contribution is -2.30. The number of para-hydroxylation sites is 1. The van der Waals surface area contributed by atoms with Crippen molar-refractivity contribution in [2.75, 3.05) is 26.6 Å². The first-order valence-electron chi connectivity index (χ1n) is 7.69. The number of methoxy groups -OCH3 is 2. The van der Waals surface area contributed by atoms with E-state index in [0.717, 1.165) is 15.2 Å². The van der Waals surface area contributed by atoms with Gasteiger partial charge in [0.15, 0.2) is 0 Å². The fourth-order valence-electron chi connectivity index (χ4n) is 2.38. The summed E-state index contributed by atoms with van der Waals surface area (Å²) in [4.78, 5) is 18.6. The van der Waals surface area contributed by atoms with Crippen molar-refractivity contribution in [3.63, 3.8) is 0 Å². The molecule has 7 heteroatoms. The number of urea groups is 1. The number of nitrogens with one attached hydrogen (secondary N) is 1. The summed E-state index contributed by atoms with van der Waals surface area (Å²) in [7, 11) is 4.86. The molecule has 0 radical (unpaired) electrons. The summed E-state index contributed by atoms with van der Waals surface area (Å²) >= 11 is 1.59. The van der Waals surface area contributed by atoms with Crippen molar-refractivity contribution in [2.45, 2.75) is 6.54 Å². The van der Waals surface area contributed by atoms with E-state index < -0.39 is 0 Å². The van der Waals surface area contributed by atoms with E-state index in [0.29, 0.717) is 23.7 Å². The quantitative estimate of drug-likeness (QED) is 0.750. The third-order valence-electron chi connectivity index (χ3n) is 3.71. The lowest BCUT2D eigenvalue weighted by atomic mass is 10.2. The Morgan fingerprint density at radius 2 is 2.00 bits per heavy atom. The van der Waals surface area contributed by atoms with E-state index >= 15 is 0 Å². The van der Waals surface area contributed by atoms with Gasteiger partial charge in [0.2, 0.25) is 0 Å². The third-order valence-corrected chi connectivity index (χ3v) is 4.73. The molecule has 0 saturated carbocycles. The van der Waals surface area contributed by atoms with Crippen LogP contribution in [0.4, 0.5) is 10.5 Å². The smallest absolute Gasteiger partial charge is 0.322 e. The molecular formula is C18H19N3O3S. The zero-order valence-corrected chi connectivity index (χ0v) is 15.1. The second-order valence-corrected chi connectivity index (χ2v) is 6.54. The zero-order chi connectivity index (χ0) is 17.8. The summed E-state index contributed by atoms with van der Waals surface area (Å²) in [6.45, 7) is 0.428. The molecule has 1 heterocycles. The van der Waals surface area contributed by atoms with Gasteiger partial charge in [0.1, 0.15) is 16.5 Å². The molecule has 25 heavy (non-hydrogen) atoms. The van der Waals surface area contributed by atoms with Gasteiger partial charge in [-0.3, -0.25) is 0 Å². The molecule has 0 aliphatic rings. The Bertz CT molecular complexity index is 861. The minimum absolute atomic E-state index is 0.245. The van der Waals surface area contributed by atoms with Gasteiger partial charge in [0.05, 0.1) is 36.7 Å². The van der Waals surface area contributed by atoms with Gasteiger partial charge in [-0.15, -0.1) is 11.3 Å². The van der Waals surface area contributed by atoms with Crippen LogP contribution >= 0.6 is 11.3 Å². The van der Waals surface area contributed by atoms with Crippen LogP contribution in [0.25, 0.3) is 10.2 Å². The second-order valence-electron chi connectivity index (χ2n) is 5.43. The Kier molecular flexibility index (Phi) is 5.04. The normalized spacial score (nSPS) is 10.5. The first-order chi connectivity index (χ1) is 12.1. The van der Waals surface area contributed by atoms with Crippen molar-refractivity contribution >= 4 is 33.3 Å². The van der Waals surface area contributed by atoms with Crippen LogP contribution in [0.2, 0.25) is 0 Å². The number of carbonyl (C=O) groups excluding carboxylic acids is 1. The van der Waals surface area contributed by atoms with Crippen molar-refractivity contribution in [3.8, 4) is 11.5 Å². The number of thiazole rings is 1. The lowest BCUT2D eigenvalue weighted by Gasteiger charge is -2.18. The van der Waals surface area contributed by atoms with Crippen LogP contribution in [0.15, 0.2) is 42.5 Å². The average molecular weight is 357 g/mol. The number of ether oxygens (including phenoxy) is 2. The molecule has 6 nitrogen and oxygen atoms in total. The number of anilines is 1. The van der Waals surface area contributed by atoms with Gasteiger partial charge in [-0.05, 0) is 24.3 Å². The van der Waals surface area contributed by atoms with Gasteiger partial charge in [0, 0.05) is 13.1 Å². The van der Waals surface area contributed by atoms with Gasteiger partial charge in [-0.25, -0.2) is 9.78 Å². The fraction of sp³-hybridized carbons (Fsp3) is 0.222. The summed E-state index contributed by atoms with van der Waals surface area (Å²) in [6.07, 6.45) is 0. The maximum atomic E-state index is 12.5. The Balaban J connectivity index is 1.72. The van der Waals surface area contributed by atoms with Crippen LogP contribution in [-0.4, -0.2) is 37.2 Å². The first-order valence-corrected chi connectivity index (χ1v) is 8.51. The largest absolute Gasteiger partial charge is 0.497 e. The highest BCUT2D eigenvalue weighted by atomic mass is 32.1. The predicted molar refractivity (Wildman–Crippen MR) is 99.7 cm³/mol. The molecule has 0 fully saturated rings. The highest BCUT2D eigenvalue weighted by Gasteiger charge is 2.15. The van der Waals surface area contributed by atoms with Crippen LogP contribution in [-0.2, 0) is 6.54 Å².